The van der Waals surface area contributed by atoms with Crippen LogP contribution in [0.15, 0.2) is 58.3 Å². The van der Waals surface area contributed by atoms with Gasteiger partial charge in [-0.05, 0) is 35.9 Å². The highest BCUT2D eigenvalue weighted by Gasteiger charge is 2.42. The minimum Gasteiger partial charge on any atom is -0.508 e. The maximum atomic E-state index is 13.0. The number of rotatable bonds is 2. The zero-order chi connectivity index (χ0) is 16.8. The summed E-state index contributed by atoms with van der Waals surface area (Å²) < 4.78 is 0. The van der Waals surface area contributed by atoms with Crippen molar-refractivity contribution in [3.63, 3.8) is 0 Å². The number of amides is 1. The molecule has 1 atom stereocenters. The summed E-state index contributed by atoms with van der Waals surface area (Å²) in [6.07, 6.45) is 0. The van der Waals surface area contributed by atoms with Gasteiger partial charge in [-0.25, -0.2) is 0 Å². The van der Waals surface area contributed by atoms with Gasteiger partial charge in [-0.3, -0.25) is 9.59 Å². The predicted molar refractivity (Wildman–Crippen MR) is 87.7 cm³/mol. The summed E-state index contributed by atoms with van der Waals surface area (Å²) in [5.41, 5.74) is 3.45. The van der Waals surface area contributed by atoms with Crippen LogP contribution in [-0.4, -0.2) is 16.8 Å². The van der Waals surface area contributed by atoms with Crippen molar-refractivity contribution in [2.24, 2.45) is 10.2 Å². The highest BCUT2D eigenvalue weighted by Crippen LogP contribution is 2.48. The van der Waals surface area contributed by atoms with Crippen LogP contribution in [-0.2, 0) is 4.79 Å². The number of aromatic hydroxyl groups is 1. The van der Waals surface area contributed by atoms with Gasteiger partial charge in [-0.2, -0.15) is 10.2 Å². The van der Waals surface area contributed by atoms with Crippen molar-refractivity contribution in [1.29, 1.82) is 0 Å². The molecule has 0 fully saturated rings. The Balaban J connectivity index is 1.86. The minimum absolute atomic E-state index is 0.143. The number of benzene rings is 2. The summed E-state index contributed by atoms with van der Waals surface area (Å²) in [5, 5.41) is 20.5. The number of nitrogens with zero attached hydrogens (tertiary/aromatic N) is 2. The molecule has 0 bridgehead atoms. The van der Waals surface area contributed by atoms with Crippen molar-refractivity contribution >= 4 is 23.1 Å². The van der Waals surface area contributed by atoms with E-state index in [1.54, 1.807) is 36.4 Å². The largest absolute Gasteiger partial charge is 0.508 e. The maximum absolute atomic E-state index is 13.0. The van der Waals surface area contributed by atoms with Gasteiger partial charge in [0.15, 0.2) is 5.78 Å². The molecule has 1 unspecified atom stereocenters. The smallest absolute Gasteiger partial charge is 0.221 e. The minimum atomic E-state index is -0.440. The van der Waals surface area contributed by atoms with E-state index in [1.165, 1.54) is 6.92 Å². The first-order valence-corrected chi connectivity index (χ1v) is 7.46. The van der Waals surface area contributed by atoms with E-state index in [-0.39, 0.29) is 17.4 Å². The van der Waals surface area contributed by atoms with Crippen LogP contribution in [0.5, 0.6) is 5.75 Å². The zero-order valence-electron chi connectivity index (χ0n) is 12.8. The summed E-state index contributed by atoms with van der Waals surface area (Å²) in [7, 11) is 0. The average Bonchev–Trinajstić information content (AvgIpc) is 3.09. The molecule has 0 saturated heterocycles. The Labute approximate surface area is 137 Å². The van der Waals surface area contributed by atoms with Gasteiger partial charge in [0, 0.05) is 12.5 Å². The molecule has 2 aromatic carbocycles. The van der Waals surface area contributed by atoms with Crippen LogP contribution in [0.1, 0.15) is 34.5 Å². The Kier molecular flexibility index (Phi) is 3.06. The molecule has 2 aliphatic rings. The lowest BCUT2D eigenvalue weighted by Gasteiger charge is -2.08. The number of hydrogen-bond donors (Lipinski definition) is 2. The van der Waals surface area contributed by atoms with E-state index < -0.39 is 6.04 Å². The topological polar surface area (TPSA) is 91.1 Å². The summed E-state index contributed by atoms with van der Waals surface area (Å²) >= 11 is 0. The van der Waals surface area contributed by atoms with Gasteiger partial charge in [-0.15, -0.1) is 0 Å². The highest BCUT2D eigenvalue weighted by atomic mass is 16.3. The van der Waals surface area contributed by atoms with Crippen LogP contribution >= 0.6 is 0 Å². The average molecular weight is 319 g/mol. The van der Waals surface area contributed by atoms with Crippen LogP contribution < -0.4 is 5.32 Å². The Bertz CT molecular complexity index is 942. The number of carbonyl (C=O) groups is 2. The van der Waals surface area contributed by atoms with Crippen molar-refractivity contribution in [2.45, 2.75) is 13.0 Å². The third kappa shape index (κ3) is 2.04. The number of phenols is 1. The quantitative estimate of drug-likeness (QED) is 0.888. The molecule has 6 nitrogen and oxygen atoms in total. The fourth-order valence-corrected chi connectivity index (χ4v) is 3.12. The molecule has 24 heavy (non-hydrogen) atoms. The van der Waals surface area contributed by atoms with E-state index in [4.69, 9.17) is 0 Å². The van der Waals surface area contributed by atoms with Crippen molar-refractivity contribution in [3.8, 4) is 5.75 Å². The SMILES string of the molecule is CC(=O)Nc1cccc2c1C(=O)C1=C(c3ccc(O)cc3)N=NC12. The Morgan fingerprint density at radius 2 is 1.92 bits per heavy atom. The summed E-state index contributed by atoms with van der Waals surface area (Å²) in [4.78, 5) is 24.3. The summed E-state index contributed by atoms with van der Waals surface area (Å²) in [5.74, 6) is -0.264. The second-order valence-corrected chi connectivity index (χ2v) is 5.71. The molecule has 1 heterocycles. The number of ketones is 1. The van der Waals surface area contributed by atoms with Crippen molar-refractivity contribution in [1.82, 2.24) is 0 Å². The van der Waals surface area contributed by atoms with Gasteiger partial charge in [0.25, 0.3) is 0 Å². The van der Waals surface area contributed by atoms with Crippen molar-refractivity contribution < 1.29 is 14.7 Å². The molecule has 1 amide bonds. The van der Waals surface area contributed by atoms with Gasteiger partial charge >= 0.3 is 0 Å². The molecule has 2 aromatic rings. The van der Waals surface area contributed by atoms with Gasteiger partial charge < -0.3 is 10.4 Å². The lowest BCUT2D eigenvalue weighted by atomic mass is 10.0. The van der Waals surface area contributed by atoms with Gasteiger partial charge in [0.1, 0.15) is 17.5 Å². The molecular weight excluding hydrogens is 306 g/mol. The van der Waals surface area contributed by atoms with Crippen LogP contribution in [0.3, 0.4) is 0 Å². The third-order valence-electron chi connectivity index (χ3n) is 4.12. The number of Topliss-reactive ketones (excluding diaryl/α,β-unsaturated/α-hetero) is 1. The maximum Gasteiger partial charge on any atom is 0.221 e. The normalized spacial score (nSPS) is 17.9. The van der Waals surface area contributed by atoms with E-state index in [0.717, 1.165) is 11.1 Å². The van der Waals surface area contributed by atoms with E-state index in [9.17, 15) is 14.7 Å². The van der Waals surface area contributed by atoms with E-state index in [1.807, 2.05) is 6.07 Å². The second-order valence-electron chi connectivity index (χ2n) is 5.71. The Morgan fingerprint density at radius 3 is 2.62 bits per heavy atom. The molecule has 118 valence electrons. The fraction of sp³-hybridized carbons (Fsp3) is 0.111. The standard InChI is InChI=1S/C18H13N3O3/c1-9(22)19-13-4-2-3-12-14(13)18(24)15-16(20-21-17(12)15)10-5-7-11(23)8-6-10/h2-8,17,23H,1H3,(H,19,22). The number of nitrogens with one attached hydrogen (secondary N) is 1. The number of anilines is 1. The summed E-state index contributed by atoms with van der Waals surface area (Å²) in [6, 6.07) is 11.4. The van der Waals surface area contributed by atoms with Crippen LogP contribution in [0.4, 0.5) is 5.69 Å². The molecule has 0 aromatic heterocycles. The molecule has 1 aliphatic carbocycles. The number of azo groups is 1. The zero-order valence-corrected chi connectivity index (χ0v) is 12.8. The molecule has 0 spiro atoms. The molecule has 4 rings (SSSR count). The molecular formula is C18H13N3O3. The monoisotopic (exact) mass is 319 g/mol. The number of phenolic OH excluding ortho intramolecular Hbond substituents is 1. The predicted octanol–water partition coefficient (Wildman–Crippen LogP) is 3.47. The molecule has 1 aliphatic heterocycles. The first-order chi connectivity index (χ1) is 11.6. The molecule has 2 N–H and O–H groups in total. The van der Waals surface area contributed by atoms with E-state index >= 15 is 0 Å². The van der Waals surface area contributed by atoms with Gasteiger partial charge in [-0.1, -0.05) is 12.1 Å². The number of hydrogen-bond acceptors (Lipinski definition) is 5. The molecule has 0 saturated carbocycles. The summed E-state index contributed by atoms with van der Waals surface area (Å²) in [6.45, 7) is 1.40. The van der Waals surface area contributed by atoms with E-state index in [0.29, 0.717) is 22.5 Å². The van der Waals surface area contributed by atoms with Gasteiger partial charge in [0.2, 0.25) is 5.91 Å². The molecule has 0 radical (unpaired) electrons. The first-order valence-electron chi connectivity index (χ1n) is 7.46. The highest BCUT2D eigenvalue weighted by molar-refractivity contribution is 6.22. The Morgan fingerprint density at radius 1 is 1.17 bits per heavy atom. The number of fused-ring (bicyclic) bond motifs is 3. The Hall–Kier alpha value is -3.28. The fourth-order valence-electron chi connectivity index (χ4n) is 3.12. The first kappa shape index (κ1) is 14.3. The van der Waals surface area contributed by atoms with Crippen LogP contribution in [0, 0.1) is 0 Å². The second kappa shape index (κ2) is 5.13. The lowest BCUT2D eigenvalue weighted by Crippen LogP contribution is -2.10. The van der Waals surface area contributed by atoms with Gasteiger partial charge in [0.05, 0.1) is 16.8 Å². The van der Waals surface area contributed by atoms with Crippen molar-refractivity contribution in [3.05, 3.63) is 64.7 Å². The third-order valence-corrected chi connectivity index (χ3v) is 4.12. The van der Waals surface area contributed by atoms with Crippen LogP contribution in [0.2, 0.25) is 0 Å². The van der Waals surface area contributed by atoms with Crippen molar-refractivity contribution in [2.75, 3.05) is 5.32 Å². The lowest BCUT2D eigenvalue weighted by molar-refractivity contribution is -0.114. The number of carbonyl (C=O) groups excluding carboxylic acids is 2. The van der Waals surface area contributed by atoms with Crippen LogP contribution in [0.25, 0.3) is 5.70 Å². The van der Waals surface area contributed by atoms with E-state index in [2.05, 4.69) is 15.5 Å². The molecule has 6 heteroatoms.